The Balaban J connectivity index is 1.36. The van der Waals surface area contributed by atoms with E-state index >= 15 is 0 Å². The molecule has 1 aliphatic carbocycles. The van der Waals surface area contributed by atoms with E-state index < -0.39 is 9.84 Å². The fraction of sp³-hybridized carbons (Fsp3) is 0.375. The van der Waals surface area contributed by atoms with Gasteiger partial charge in [0.05, 0.1) is 17.5 Å². The summed E-state index contributed by atoms with van der Waals surface area (Å²) in [7, 11) is -3.45. The molecule has 0 N–H and O–H groups in total. The summed E-state index contributed by atoms with van der Waals surface area (Å²) in [6, 6.07) is 5.89. The van der Waals surface area contributed by atoms with Crippen molar-refractivity contribution in [2.24, 2.45) is 0 Å². The second-order valence-electron chi connectivity index (χ2n) is 6.28. The summed E-state index contributed by atoms with van der Waals surface area (Å²) in [6.07, 6.45) is 1.95. The number of thiazole rings is 1. The lowest BCUT2D eigenvalue weighted by atomic mass is 10.3. The van der Waals surface area contributed by atoms with E-state index in [-0.39, 0.29) is 30.0 Å². The van der Waals surface area contributed by atoms with Crippen LogP contribution in [0.15, 0.2) is 29.6 Å². The first-order valence-corrected chi connectivity index (χ1v) is 11.0. The van der Waals surface area contributed by atoms with Crippen LogP contribution in [0, 0.1) is 5.82 Å². The summed E-state index contributed by atoms with van der Waals surface area (Å²) in [6.45, 7) is 0.191. The summed E-state index contributed by atoms with van der Waals surface area (Å²) < 4.78 is 45.0. The summed E-state index contributed by atoms with van der Waals surface area (Å²) in [5.74, 6) is 0.157. The molecule has 0 aliphatic heterocycles. The largest absolute Gasteiger partial charge is 0.486 e. The highest BCUT2D eigenvalue weighted by Gasteiger charge is 2.29. The molecule has 142 valence electrons. The van der Waals surface area contributed by atoms with Crippen molar-refractivity contribution in [3.05, 3.63) is 52.0 Å². The fourth-order valence-corrected chi connectivity index (χ4v) is 4.63. The monoisotopic (exact) mass is 409 g/mol. The van der Waals surface area contributed by atoms with Gasteiger partial charge in [-0.15, -0.1) is 16.4 Å². The Morgan fingerprint density at radius 2 is 2.00 bits per heavy atom. The van der Waals surface area contributed by atoms with E-state index in [9.17, 15) is 12.8 Å². The van der Waals surface area contributed by atoms with Crippen LogP contribution in [0.5, 0.6) is 5.75 Å². The summed E-state index contributed by atoms with van der Waals surface area (Å²) >= 11 is 1.32. The van der Waals surface area contributed by atoms with E-state index in [2.05, 4.69) is 20.5 Å². The number of ether oxygens (including phenoxy) is 1. The molecule has 27 heavy (non-hydrogen) atoms. The Morgan fingerprint density at radius 1 is 1.22 bits per heavy atom. The smallest absolute Gasteiger partial charge is 0.166 e. The molecule has 2 heterocycles. The third-order valence-corrected chi connectivity index (χ3v) is 6.25. The first-order chi connectivity index (χ1) is 13.0. The first kappa shape index (κ1) is 18.0. The van der Waals surface area contributed by atoms with Crippen LogP contribution in [0.3, 0.4) is 0 Å². The molecule has 0 unspecified atom stereocenters. The number of tetrazole rings is 1. The molecule has 1 saturated carbocycles. The third kappa shape index (κ3) is 4.66. The minimum Gasteiger partial charge on any atom is -0.486 e. The average Bonchev–Trinajstić information content (AvgIpc) is 3.21. The normalized spacial score (nSPS) is 14.4. The lowest BCUT2D eigenvalue weighted by Gasteiger charge is -2.04. The quantitative estimate of drug-likeness (QED) is 0.563. The predicted molar refractivity (Wildman–Crippen MR) is 95.3 cm³/mol. The Bertz CT molecular complexity index is 1030. The van der Waals surface area contributed by atoms with Gasteiger partial charge in [0.2, 0.25) is 0 Å². The molecule has 0 amide bonds. The van der Waals surface area contributed by atoms with Crippen molar-refractivity contribution >= 4 is 21.2 Å². The van der Waals surface area contributed by atoms with Gasteiger partial charge in [-0.3, -0.25) is 0 Å². The molecule has 0 atom stereocenters. The van der Waals surface area contributed by atoms with Gasteiger partial charge in [-0.2, -0.15) is 0 Å². The molecule has 0 saturated heterocycles. The molecule has 8 nitrogen and oxygen atoms in total. The molecule has 4 rings (SSSR count). The van der Waals surface area contributed by atoms with Gasteiger partial charge in [-0.05, 0) is 47.5 Å². The second kappa shape index (κ2) is 7.31. The number of rotatable bonds is 8. The van der Waals surface area contributed by atoms with Crippen molar-refractivity contribution in [3.8, 4) is 5.75 Å². The van der Waals surface area contributed by atoms with Gasteiger partial charge in [0.1, 0.15) is 28.9 Å². The average molecular weight is 409 g/mol. The van der Waals surface area contributed by atoms with Crippen LogP contribution in [0.25, 0.3) is 0 Å². The molecular formula is C16H16FN5O3S2. The molecule has 11 heteroatoms. The van der Waals surface area contributed by atoms with Crippen LogP contribution in [0.2, 0.25) is 0 Å². The molecule has 1 aromatic carbocycles. The maximum Gasteiger partial charge on any atom is 0.166 e. The fourth-order valence-electron chi connectivity index (χ4n) is 2.54. The van der Waals surface area contributed by atoms with Gasteiger partial charge >= 0.3 is 0 Å². The predicted octanol–water partition coefficient (Wildman–Crippen LogP) is 2.30. The van der Waals surface area contributed by atoms with Crippen LogP contribution < -0.4 is 4.74 Å². The van der Waals surface area contributed by atoms with E-state index in [1.54, 1.807) is 10.1 Å². The van der Waals surface area contributed by atoms with Gasteiger partial charge in [-0.25, -0.2) is 22.5 Å². The molecule has 3 aromatic rings. The molecular weight excluding hydrogens is 393 g/mol. The number of aromatic nitrogens is 5. The highest BCUT2D eigenvalue weighted by Crippen LogP contribution is 2.34. The van der Waals surface area contributed by atoms with Crippen molar-refractivity contribution in [2.75, 3.05) is 0 Å². The Kier molecular flexibility index (Phi) is 4.87. The highest BCUT2D eigenvalue weighted by molar-refractivity contribution is 7.89. The van der Waals surface area contributed by atoms with Crippen LogP contribution in [0.4, 0.5) is 4.39 Å². The van der Waals surface area contributed by atoms with Crippen molar-refractivity contribution in [1.29, 1.82) is 0 Å². The molecule has 1 aliphatic rings. The van der Waals surface area contributed by atoms with Crippen LogP contribution in [-0.4, -0.2) is 33.6 Å². The van der Waals surface area contributed by atoms with E-state index in [1.165, 1.54) is 35.6 Å². The van der Waals surface area contributed by atoms with Crippen molar-refractivity contribution < 1.29 is 17.5 Å². The third-order valence-electron chi connectivity index (χ3n) is 3.95. The van der Waals surface area contributed by atoms with Crippen molar-refractivity contribution in [1.82, 2.24) is 25.2 Å². The topological polar surface area (TPSA) is 99.9 Å². The summed E-state index contributed by atoms with van der Waals surface area (Å²) in [5, 5.41) is 13.6. The molecule has 0 spiro atoms. The van der Waals surface area contributed by atoms with Crippen LogP contribution in [0.1, 0.15) is 35.4 Å². The SMILES string of the molecule is O=S(=O)(Cc1csc(COc2ccc(F)cc2)n1)Cc1nnnn1C1CC1. The number of benzene rings is 1. The Morgan fingerprint density at radius 3 is 2.74 bits per heavy atom. The van der Waals surface area contributed by atoms with Gasteiger partial charge in [0, 0.05) is 5.38 Å². The van der Waals surface area contributed by atoms with Crippen LogP contribution in [-0.2, 0) is 27.9 Å². The minimum absolute atomic E-state index is 0.183. The number of hydrogen-bond donors (Lipinski definition) is 0. The van der Waals surface area contributed by atoms with E-state index in [0.29, 0.717) is 22.3 Å². The highest BCUT2D eigenvalue weighted by atomic mass is 32.2. The second-order valence-corrected chi connectivity index (χ2v) is 9.29. The van der Waals surface area contributed by atoms with Crippen molar-refractivity contribution in [3.63, 3.8) is 0 Å². The van der Waals surface area contributed by atoms with E-state index in [0.717, 1.165) is 12.8 Å². The van der Waals surface area contributed by atoms with Gasteiger partial charge < -0.3 is 4.74 Å². The van der Waals surface area contributed by atoms with Gasteiger partial charge in [0.15, 0.2) is 15.7 Å². The number of nitrogens with zero attached hydrogens (tertiary/aromatic N) is 5. The zero-order valence-corrected chi connectivity index (χ0v) is 15.8. The zero-order valence-electron chi connectivity index (χ0n) is 14.2. The van der Waals surface area contributed by atoms with Crippen LogP contribution >= 0.6 is 11.3 Å². The molecule has 2 aromatic heterocycles. The van der Waals surface area contributed by atoms with Gasteiger partial charge in [0.25, 0.3) is 0 Å². The van der Waals surface area contributed by atoms with Crippen molar-refractivity contribution in [2.45, 2.75) is 37.0 Å². The Labute approximate surface area is 158 Å². The molecule has 0 bridgehead atoms. The maximum absolute atomic E-state index is 12.9. The number of sulfone groups is 1. The first-order valence-electron chi connectivity index (χ1n) is 8.27. The number of halogens is 1. The minimum atomic E-state index is -3.45. The Hall–Kier alpha value is -2.40. The lowest BCUT2D eigenvalue weighted by Crippen LogP contribution is -2.13. The maximum atomic E-state index is 12.9. The molecule has 0 radical (unpaired) electrons. The standard InChI is InChI=1S/C16H16FN5O3S2/c17-11-1-5-14(6-2-11)25-7-16-18-12(8-26-16)9-27(23,24)10-15-19-20-21-22(15)13-3-4-13/h1-2,5-6,8,13H,3-4,7,9-10H2. The summed E-state index contributed by atoms with van der Waals surface area (Å²) in [4.78, 5) is 4.31. The van der Waals surface area contributed by atoms with E-state index in [1.807, 2.05) is 0 Å². The molecule has 1 fully saturated rings. The zero-order chi connectivity index (χ0) is 18.9. The summed E-state index contributed by atoms with van der Waals surface area (Å²) in [5.41, 5.74) is 0.461. The lowest BCUT2D eigenvalue weighted by molar-refractivity contribution is 0.305. The number of hydrogen-bond acceptors (Lipinski definition) is 8. The van der Waals surface area contributed by atoms with Gasteiger partial charge in [-0.1, -0.05) is 0 Å². The van der Waals surface area contributed by atoms with E-state index in [4.69, 9.17) is 4.74 Å².